The first-order valence-electron chi connectivity index (χ1n) is 4.77. The summed E-state index contributed by atoms with van der Waals surface area (Å²) >= 11 is 0. The molecule has 88 valence electrons. The van der Waals surface area contributed by atoms with Crippen LogP contribution >= 0.6 is 0 Å². The summed E-state index contributed by atoms with van der Waals surface area (Å²) in [4.78, 5) is 22.3. The van der Waals surface area contributed by atoms with Crippen molar-refractivity contribution >= 4 is 11.9 Å². The van der Waals surface area contributed by atoms with Crippen LogP contribution in [0.4, 0.5) is 0 Å². The van der Waals surface area contributed by atoms with Crippen molar-refractivity contribution in [3.63, 3.8) is 0 Å². The molecule has 0 heterocycles. The standard InChI is InChI=1S/C11H14O5/c1-7(12)16-9-6-4-5-8(10(9)14-2)11(13)15-3/h4-6,9-10H,1-3H3/t9-,10-/m1/s1. The summed E-state index contributed by atoms with van der Waals surface area (Å²) in [5.41, 5.74) is 0.332. The fraction of sp³-hybridized carbons (Fsp3) is 0.455. The number of hydrogen-bond acceptors (Lipinski definition) is 5. The Balaban J connectivity index is 2.87. The topological polar surface area (TPSA) is 61.8 Å². The van der Waals surface area contributed by atoms with Crippen LogP contribution in [0.2, 0.25) is 0 Å². The monoisotopic (exact) mass is 226 g/mol. The van der Waals surface area contributed by atoms with Gasteiger partial charge in [-0.05, 0) is 12.2 Å². The average Bonchev–Trinajstić information content (AvgIpc) is 2.27. The van der Waals surface area contributed by atoms with Crippen LogP contribution in [-0.2, 0) is 23.8 Å². The minimum absolute atomic E-state index is 0.332. The maximum absolute atomic E-state index is 11.4. The Morgan fingerprint density at radius 2 is 2.00 bits per heavy atom. The quantitative estimate of drug-likeness (QED) is 0.659. The number of ether oxygens (including phenoxy) is 3. The summed E-state index contributed by atoms with van der Waals surface area (Å²) in [5, 5.41) is 0. The van der Waals surface area contributed by atoms with Gasteiger partial charge in [0.1, 0.15) is 6.10 Å². The SMILES string of the molecule is COC(=O)C1=CC=C[C@@H](OC(C)=O)[C@@H]1OC. The van der Waals surface area contributed by atoms with E-state index in [-0.39, 0.29) is 0 Å². The maximum Gasteiger partial charge on any atom is 0.336 e. The lowest BCUT2D eigenvalue weighted by Crippen LogP contribution is -2.36. The van der Waals surface area contributed by atoms with Crippen LogP contribution in [0.5, 0.6) is 0 Å². The normalized spacial score (nSPS) is 23.6. The van der Waals surface area contributed by atoms with Crippen LogP contribution in [0.3, 0.4) is 0 Å². The largest absolute Gasteiger partial charge is 0.466 e. The molecule has 5 nitrogen and oxygen atoms in total. The molecule has 0 aromatic carbocycles. The third-order valence-corrected chi connectivity index (χ3v) is 2.16. The van der Waals surface area contributed by atoms with E-state index in [1.807, 2.05) is 0 Å². The Bertz CT molecular complexity index is 342. The van der Waals surface area contributed by atoms with Crippen molar-refractivity contribution in [2.75, 3.05) is 14.2 Å². The van der Waals surface area contributed by atoms with E-state index in [0.717, 1.165) is 0 Å². The first-order valence-corrected chi connectivity index (χ1v) is 4.77. The summed E-state index contributed by atoms with van der Waals surface area (Å²) in [7, 11) is 2.73. The number of carbonyl (C=O) groups is 2. The number of hydrogen-bond donors (Lipinski definition) is 0. The van der Waals surface area contributed by atoms with Gasteiger partial charge in [0.25, 0.3) is 0 Å². The van der Waals surface area contributed by atoms with Crippen LogP contribution in [0.25, 0.3) is 0 Å². The van der Waals surface area contributed by atoms with Crippen LogP contribution in [0.15, 0.2) is 23.8 Å². The number of methoxy groups -OCH3 is 2. The lowest BCUT2D eigenvalue weighted by molar-refractivity contribution is -0.151. The minimum atomic E-state index is -0.624. The highest BCUT2D eigenvalue weighted by atomic mass is 16.6. The first kappa shape index (κ1) is 12.4. The van der Waals surface area contributed by atoms with Crippen LogP contribution in [-0.4, -0.2) is 38.4 Å². The zero-order chi connectivity index (χ0) is 12.1. The van der Waals surface area contributed by atoms with Crippen molar-refractivity contribution in [1.29, 1.82) is 0 Å². The Kier molecular flexibility index (Phi) is 4.25. The van der Waals surface area contributed by atoms with E-state index >= 15 is 0 Å². The second kappa shape index (κ2) is 5.46. The van der Waals surface area contributed by atoms with Gasteiger partial charge < -0.3 is 14.2 Å². The molecule has 0 spiro atoms. The fourth-order valence-corrected chi connectivity index (χ4v) is 1.50. The second-order valence-corrected chi connectivity index (χ2v) is 3.23. The van der Waals surface area contributed by atoms with Gasteiger partial charge in [-0.15, -0.1) is 0 Å². The molecule has 5 heteroatoms. The van der Waals surface area contributed by atoms with E-state index in [0.29, 0.717) is 5.57 Å². The number of rotatable bonds is 3. The van der Waals surface area contributed by atoms with Gasteiger partial charge in [0.2, 0.25) is 0 Å². The summed E-state index contributed by atoms with van der Waals surface area (Å²) in [6.07, 6.45) is 3.65. The molecule has 0 saturated heterocycles. The highest BCUT2D eigenvalue weighted by molar-refractivity contribution is 5.90. The highest BCUT2D eigenvalue weighted by Gasteiger charge is 2.32. The molecule has 0 aromatic rings. The third kappa shape index (κ3) is 2.70. The lowest BCUT2D eigenvalue weighted by atomic mass is 9.99. The van der Waals surface area contributed by atoms with E-state index in [1.54, 1.807) is 18.2 Å². The van der Waals surface area contributed by atoms with Gasteiger partial charge in [0.15, 0.2) is 6.10 Å². The van der Waals surface area contributed by atoms with E-state index < -0.39 is 24.1 Å². The van der Waals surface area contributed by atoms with Crippen molar-refractivity contribution in [3.8, 4) is 0 Å². The van der Waals surface area contributed by atoms with E-state index in [9.17, 15) is 9.59 Å². The predicted molar refractivity (Wildman–Crippen MR) is 55.6 cm³/mol. The molecule has 0 radical (unpaired) electrons. The Morgan fingerprint density at radius 1 is 1.31 bits per heavy atom. The molecule has 0 fully saturated rings. The molecule has 0 bridgehead atoms. The van der Waals surface area contributed by atoms with Crippen LogP contribution < -0.4 is 0 Å². The zero-order valence-corrected chi connectivity index (χ0v) is 9.43. The van der Waals surface area contributed by atoms with Crippen molar-refractivity contribution in [2.45, 2.75) is 19.1 Å². The number of carbonyl (C=O) groups excluding carboxylic acids is 2. The molecule has 0 unspecified atom stereocenters. The smallest absolute Gasteiger partial charge is 0.336 e. The van der Waals surface area contributed by atoms with Gasteiger partial charge in [-0.2, -0.15) is 0 Å². The summed E-state index contributed by atoms with van der Waals surface area (Å²) in [6, 6.07) is 0. The summed E-state index contributed by atoms with van der Waals surface area (Å²) in [5.74, 6) is -0.920. The van der Waals surface area contributed by atoms with Crippen molar-refractivity contribution in [1.82, 2.24) is 0 Å². The van der Waals surface area contributed by atoms with Crippen LogP contribution in [0.1, 0.15) is 6.92 Å². The molecular formula is C11H14O5. The Morgan fingerprint density at radius 3 is 2.50 bits per heavy atom. The molecule has 0 N–H and O–H groups in total. The number of allylic oxidation sites excluding steroid dienone is 2. The van der Waals surface area contributed by atoms with Crippen molar-refractivity contribution in [2.24, 2.45) is 0 Å². The highest BCUT2D eigenvalue weighted by Crippen LogP contribution is 2.20. The maximum atomic E-state index is 11.4. The third-order valence-electron chi connectivity index (χ3n) is 2.16. The van der Waals surface area contributed by atoms with E-state index in [2.05, 4.69) is 4.74 Å². The van der Waals surface area contributed by atoms with Gasteiger partial charge in [0, 0.05) is 14.0 Å². The Hall–Kier alpha value is -1.62. The first-order chi connectivity index (χ1) is 7.60. The van der Waals surface area contributed by atoms with Gasteiger partial charge in [-0.25, -0.2) is 4.79 Å². The molecule has 0 aliphatic heterocycles. The predicted octanol–water partition coefficient (Wildman–Crippen LogP) is 0.602. The van der Waals surface area contributed by atoms with Crippen LogP contribution in [0, 0.1) is 0 Å². The average molecular weight is 226 g/mol. The van der Waals surface area contributed by atoms with E-state index in [1.165, 1.54) is 21.1 Å². The molecule has 16 heavy (non-hydrogen) atoms. The second-order valence-electron chi connectivity index (χ2n) is 3.23. The molecule has 0 amide bonds. The minimum Gasteiger partial charge on any atom is -0.466 e. The Labute approximate surface area is 93.7 Å². The molecular weight excluding hydrogens is 212 g/mol. The van der Waals surface area contributed by atoms with Crippen molar-refractivity contribution < 1.29 is 23.8 Å². The van der Waals surface area contributed by atoms with Gasteiger partial charge in [0.05, 0.1) is 12.7 Å². The molecule has 1 rings (SSSR count). The van der Waals surface area contributed by atoms with Crippen molar-refractivity contribution in [3.05, 3.63) is 23.8 Å². The summed E-state index contributed by atoms with van der Waals surface area (Å²) in [6.45, 7) is 1.30. The number of esters is 2. The molecule has 1 aliphatic rings. The molecule has 0 aromatic heterocycles. The molecule has 0 saturated carbocycles. The van der Waals surface area contributed by atoms with Gasteiger partial charge in [-0.1, -0.05) is 6.08 Å². The van der Waals surface area contributed by atoms with Gasteiger partial charge in [-0.3, -0.25) is 4.79 Å². The fourth-order valence-electron chi connectivity index (χ4n) is 1.50. The molecule has 2 atom stereocenters. The zero-order valence-electron chi connectivity index (χ0n) is 9.43. The van der Waals surface area contributed by atoms with E-state index in [4.69, 9.17) is 9.47 Å². The van der Waals surface area contributed by atoms with Gasteiger partial charge >= 0.3 is 11.9 Å². The lowest BCUT2D eigenvalue weighted by Gasteiger charge is -2.26. The molecule has 1 aliphatic carbocycles. The summed E-state index contributed by atoms with van der Waals surface area (Å²) < 4.78 is 14.8.